The lowest BCUT2D eigenvalue weighted by Crippen LogP contribution is -2.70. The molecule has 4 heteroatoms. The van der Waals surface area contributed by atoms with Crippen molar-refractivity contribution in [2.75, 3.05) is 7.11 Å². The molecule has 0 aromatic rings. The topological polar surface area (TPSA) is 59.1 Å². The maximum atomic E-state index is 13.5. The Kier molecular flexibility index (Phi) is 4.99. The number of methoxy groups -OCH3 is 1. The van der Waals surface area contributed by atoms with Gasteiger partial charge < -0.3 is 14.6 Å². The minimum atomic E-state index is -0.327. The average Bonchev–Trinajstić information content (AvgIpc) is 3.54. The average molecular weight is 487 g/mol. The van der Waals surface area contributed by atoms with Gasteiger partial charge in [-0.25, -0.2) is 0 Å². The molecule has 1 N–H and O–H groups in total. The predicted molar refractivity (Wildman–Crippen MR) is 137 cm³/mol. The summed E-state index contributed by atoms with van der Waals surface area (Å²) in [6.07, 6.45) is 10.1. The number of ether oxygens (including phenoxy) is 2. The SMILES string of the molecule is COC(=O)[C@]12CCC(C)(C)C[C@H]1[C@H]1[C@@H]3O[C@@H]3[C@@H]3[C@@]4(C)CC[C@H](O)C(C)(C)[C@@H]4CC[C@@]3(C)[C@]1(C)CC2. The minimum Gasteiger partial charge on any atom is -0.469 e. The largest absolute Gasteiger partial charge is 0.469 e. The van der Waals surface area contributed by atoms with E-state index in [0.717, 1.165) is 44.9 Å². The highest BCUT2D eigenvalue weighted by molar-refractivity contribution is 5.77. The van der Waals surface area contributed by atoms with Crippen LogP contribution < -0.4 is 0 Å². The minimum absolute atomic E-state index is 0.0446. The van der Waals surface area contributed by atoms with Crippen LogP contribution in [0, 0.1) is 56.2 Å². The molecule has 0 unspecified atom stereocenters. The van der Waals surface area contributed by atoms with Crippen LogP contribution in [0.15, 0.2) is 0 Å². The molecular weight excluding hydrogens is 436 g/mol. The van der Waals surface area contributed by atoms with E-state index in [9.17, 15) is 9.90 Å². The van der Waals surface area contributed by atoms with Gasteiger partial charge in [-0.3, -0.25) is 4.79 Å². The zero-order valence-corrected chi connectivity index (χ0v) is 23.6. The van der Waals surface area contributed by atoms with Gasteiger partial charge in [-0.1, -0.05) is 48.5 Å². The number of fused-ring (bicyclic) bond motifs is 10. The molecule has 0 amide bonds. The van der Waals surface area contributed by atoms with E-state index in [4.69, 9.17) is 9.47 Å². The molecule has 0 aromatic carbocycles. The zero-order valence-electron chi connectivity index (χ0n) is 23.6. The normalized spacial score (nSPS) is 57.5. The molecule has 11 atom stereocenters. The van der Waals surface area contributed by atoms with Crippen LogP contribution in [0.2, 0.25) is 0 Å². The number of carbonyl (C=O) groups is 1. The maximum absolute atomic E-state index is 13.5. The first-order chi connectivity index (χ1) is 16.2. The van der Waals surface area contributed by atoms with Crippen molar-refractivity contribution in [3.05, 3.63) is 0 Å². The van der Waals surface area contributed by atoms with Crippen LogP contribution in [-0.4, -0.2) is 36.5 Å². The first kappa shape index (κ1) is 24.7. The fraction of sp³-hybridized carbons (Fsp3) is 0.968. The van der Waals surface area contributed by atoms with Gasteiger partial charge in [-0.05, 0) is 109 Å². The van der Waals surface area contributed by atoms with Gasteiger partial charge >= 0.3 is 5.97 Å². The van der Waals surface area contributed by atoms with Gasteiger partial charge in [0.25, 0.3) is 0 Å². The molecule has 6 aliphatic rings. The standard InChI is InChI=1S/C31H50O4/c1-26(2)13-15-31(25(33)34-8)16-14-29(6)21(18(31)17-26)22-23(35-22)24-28(5)11-10-20(32)27(3,4)19(28)9-12-30(24,29)7/h18-24,32H,9-17H2,1-8H3/t18-,19-,20-,21-,22-,23-,24+,28-,29+,30+,31-/m0/s1. The number of aliphatic hydroxyl groups excluding tert-OH is 1. The van der Waals surface area contributed by atoms with E-state index in [1.165, 1.54) is 12.8 Å². The van der Waals surface area contributed by atoms with E-state index in [1.54, 1.807) is 7.11 Å². The van der Waals surface area contributed by atoms with E-state index in [-0.39, 0.29) is 50.7 Å². The van der Waals surface area contributed by atoms with Crippen LogP contribution >= 0.6 is 0 Å². The van der Waals surface area contributed by atoms with Crippen LogP contribution in [0.3, 0.4) is 0 Å². The Labute approximate surface area is 213 Å². The number of esters is 1. The van der Waals surface area contributed by atoms with Crippen molar-refractivity contribution in [2.45, 2.75) is 125 Å². The van der Waals surface area contributed by atoms with Gasteiger partial charge in [-0.15, -0.1) is 0 Å². The third-order valence-electron chi connectivity index (χ3n) is 14.0. The van der Waals surface area contributed by atoms with E-state index in [0.29, 0.717) is 29.8 Å². The Morgan fingerprint density at radius 1 is 0.857 bits per heavy atom. The fourth-order valence-corrected chi connectivity index (χ4v) is 11.9. The van der Waals surface area contributed by atoms with Gasteiger partial charge in [0.15, 0.2) is 0 Å². The van der Waals surface area contributed by atoms with E-state index >= 15 is 0 Å². The summed E-state index contributed by atoms with van der Waals surface area (Å²) in [7, 11) is 1.59. The van der Waals surface area contributed by atoms with Crippen molar-refractivity contribution in [3.8, 4) is 0 Å². The van der Waals surface area contributed by atoms with Gasteiger partial charge in [0.2, 0.25) is 0 Å². The molecule has 1 saturated heterocycles. The first-order valence-electron chi connectivity index (χ1n) is 14.6. The molecule has 0 radical (unpaired) electrons. The van der Waals surface area contributed by atoms with Crippen LogP contribution in [0.1, 0.15) is 106 Å². The van der Waals surface area contributed by atoms with Gasteiger partial charge in [0.05, 0.1) is 30.8 Å². The molecule has 5 aliphatic carbocycles. The second-order valence-electron chi connectivity index (χ2n) is 16.0. The summed E-state index contributed by atoms with van der Waals surface area (Å²) >= 11 is 0. The van der Waals surface area contributed by atoms with Crippen molar-refractivity contribution in [2.24, 2.45) is 56.2 Å². The van der Waals surface area contributed by atoms with E-state index in [2.05, 4.69) is 48.5 Å². The molecule has 0 aromatic heterocycles. The van der Waals surface area contributed by atoms with Crippen LogP contribution in [0.4, 0.5) is 0 Å². The molecule has 6 rings (SSSR count). The maximum Gasteiger partial charge on any atom is 0.312 e. The Balaban J connectivity index is 1.44. The molecule has 0 bridgehead atoms. The highest BCUT2D eigenvalue weighted by Gasteiger charge is 2.79. The third kappa shape index (κ3) is 2.85. The smallest absolute Gasteiger partial charge is 0.312 e. The highest BCUT2D eigenvalue weighted by atomic mass is 16.6. The third-order valence-corrected chi connectivity index (χ3v) is 14.0. The predicted octanol–water partition coefficient (Wildman–Crippen LogP) is 6.39. The van der Waals surface area contributed by atoms with E-state index < -0.39 is 0 Å². The van der Waals surface area contributed by atoms with Crippen molar-refractivity contribution in [3.63, 3.8) is 0 Å². The number of rotatable bonds is 1. The number of epoxide rings is 1. The Hall–Kier alpha value is -0.610. The summed E-state index contributed by atoms with van der Waals surface area (Å²) in [6.45, 7) is 17.2. The monoisotopic (exact) mass is 486 g/mol. The lowest BCUT2D eigenvalue weighted by Gasteiger charge is -2.72. The van der Waals surface area contributed by atoms with Crippen molar-refractivity contribution in [1.29, 1.82) is 0 Å². The Morgan fingerprint density at radius 2 is 1.54 bits per heavy atom. The number of aliphatic hydroxyl groups is 1. The summed E-state index contributed by atoms with van der Waals surface area (Å²) in [6, 6.07) is 0. The van der Waals surface area contributed by atoms with Crippen molar-refractivity contribution in [1.82, 2.24) is 0 Å². The second kappa shape index (κ2) is 7.07. The van der Waals surface area contributed by atoms with Crippen LogP contribution in [0.5, 0.6) is 0 Å². The first-order valence-corrected chi connectivity index (χ1v) is 14.6. The molecular formula is C31H50O4. The molecule has 1 heterocycles. The van der Waals surface area contributed by atoms with Crippen molar-refractivity contribution < 1.29 is 19.4 Å². The number of hydrogen-bond donors (Lipinski definition) is 1. The summed E-state index contributed by atoms with van der Waals surface area (Å²) in [5.41, 5.74) is 0.451. The molecule has 5 saturated carbocycles. The van der Waals surface area contributed by atoms with Gasteiger partial charge in [0, 0.05) is 0 Å². The van der Waals surface area contributed by atoms with Gasteiger partial charge in [0.1, 0.15) is 0 Å². The van der Waals surface area contributed by atoms with Crippen molar-refractivity contribution >= 4 is 5.97 Å². The Bertz CT molecular complexity index is 925. The quantitative estimate of drug-likeness (QED) is 0.345. The van der Waals surface area contributed by atoms with Gasteiger partial charge in [-0.2, -0.15) is 0 Å². The van der Waals surface area contributed by atoms with Crippen LogP contribution in [0.25, 0.3) is 0 Å². The zero-order chi connectivity index (χ0) is 25.4. The molecule has 4 nitrogen and oxygen atoms in total. The summed E-state index contributed by atoms with van der Waals surface area (Å²) in [5.74, 6) is 1.90. The molecule has 198 valence electrons. The van der Waals surface area contributed by atoms with Crippen LogP contribution in [-0.2, 0) is 14.3 Å². The number of hydrogen-bond acceptors (Lipinski definition) is 4. The molecule has 35 heavy (non-hydrogen) atoms. The lowest BCUT2D eigenvalue weighted by atomic mass is 9.31. The summed E-state index contributed by atoms with van der Waals surface area (Å²) in [5, 5.41) is 11.0. The fourth-order valence-electron chi connectivity index (χ4n) is 11.9. The molecule has 0 spiro atoms. The Morgan fingerprint density at radius 3 is 2.23 bits per heavy atom. The highest BCUT2D eigenvalue weighted by Crippen LogP contribution is 2.80. The molecule has 1 aliphatic heterocycles. The number of carbonyl (C=O) groups excluding carboxylic acids is 1. The second-order valence-corrected chi connectivity index (χ2v) is 16.0. The summed E-state index contributed by atoms with van der Waals surface area (Å²) in [4.78, 5) is 13.5. The molecule has 6 fully saturated rings. The van der Waals surface area contributed by atoms with E-state index in [1.807, 2.05) is 0 Å². The summed E-state index contributed by atoms with van der Waals surface area (Å²) < 4.78 is 12.3. The lowest BCUT2D eigenvalue weighted by molar-refractivity contribution is -0.245.